The molecule has 96 valence electrons. The number of nitrogens with one attached hydrogen (secondary N) is 1. The number of carbonyl (C=O) groups excluding carboxylic acids is 2. The number of aryl methyl sites for hydroxylation is 1. The van der Waals surface area contributed by atoms with Crippen LogP contribution < -0.4 is 5.32 Å². The van der Waals surface area contributed by atoms with Gasteiger partial charge in [-0.05, 0) is 25.5 Å². The molecule has 0 unspecified atom stereocenters. The van der Waals surface area contributed by atoms with Crippen molar-refractivity contribution in [1.29, 1.82) is 0 Å². The zero-order valence-electron chi connectivity index (χ0n) is 9.84. The van der Waals surface area contributed by atoms with E-state index in [0.717, 1.165) is 5.56 Å². The zero-order valence-corrected chi connectivity index (χ0v) is 10.7. The predicted molar refractivity (Wildman–Crippen MR) is 64.5 cm³/mol. The largest absolute Gasteiger partial charge is 0.295 e. The minimum absolute atomic E-state index is 0.0425. The van der Waals surface area contributed by atoms with Crippen molar-refractivity contribution in [3.63, 3.8) is 0 Å². The van der Waals surface area contributed by atoms with Crippen molar-refractivity contribution in [2.45, 2.75) is 29.9 Å². The lowest BCUT2D eigenvalue weighted by Crippen LogP contribution is -2.47. The molecule has 1 saturated heterocycles. The Labute approximate surface area is 105 Å². The van der Waals surface area contributed by atoms with Gasteiger partial charge in [-0.2, -0.15) is 0 Å². The zero-order chi connectivity index (χ0) is 13.3. The molecule has 0 aliphatic carbocycles. The standard InChI is InChI=1S/C12H13NO4S/c1-8-2-4-9(5-3-8)18(16,17)10-6-7-11(14)13-12(10)15/h2-5,10H,6-7H2,1H3,(H,13,14,15)/t10-/m1/s1. The van der Waals surface area contributed by atoms with Gasteiger partial charge in [-0.3, -0.25) is 14.9 Å². The summed E-state index contributed by atoms with van der Waals surface area (Å²) in [7, 11) is -3.72. The van der Waals surface area contributed by atoms with Gasteiger partial charge in [0.15, 0.2) is 9.84 Å². The van der Waals surface area contributed by atoms with E-state index < -0.39 is 26.9 Å². The number of piperidine rings is 1. The van der Waals surface area contributed by atoms with Crippen LogP contribution in [0.2, 0.25) is 0 Å². The highest BCUT2D eigenvalue weighted by atomic mass is 32.2. The van der Waals surface area contributed by atoms with E-state index in [2.05, 4.69) is 5.32 Å². The number of hydrogen-bond donors (Lipinski definition) is 1. The van der Waals surface area contributed by atoms with Crippen LogP contribution in [0.4, 0.5) is 0 Å². The van der Waals surface area contributed by atoms with Crippen LogP contribution in [0.15, 0.2) is 29.2 Å². The molecule has 18 heavy (non-hydrogen) atoms. The summed E-state index contributed by atoms with van der Waals surface area (Å²) < 4.78 is 24.5. The van der Waals surface area contributed by atoms with E-state index in [-0.39, 0.29) is 17.7 Å². The molecule has 6 heteroatoms. The van der Waals surface area contributed by atoms with Gasteiger partial charge >= 0.3 is 0 Å². The van der Waals surface area contributed by atoms with Crippen molar-refractivity contribution in [1.82, 2.24) is 5.32 Å². The topological polar surface area (TPSA) is 80.3 Å². The van der Waals surface area contributed by atoms with Gasteiger partial charge in [-0.1, -0.05) is 17.7 Å². The molecule has 0 aromatic heterocycles. The SMILES string of the molecule is Cc1ccc(S(=O)(=O)[C@@H]2CCC(=O)NC2=O)cc1. The van der Waals surface area contributed by atoms with Gasteiger partial charge in [0, 0.05) is 6.42 Å². The summed E-state index contributed by atoms with van der Waals surface area (Å²) in [6.45, 7) is 1.85. The summed E-state index contributed by atoms with van der Waals surface area (Å²) in [6, 6.07) is 6.32. The Morgan fingerprint density at radius 3 is 2.33 bits per heavy atom. The van der Waals surface area contributed by atoms with Gasteiger partial charge < -0.3 is 0 Å². The van der Waals surface area contributed by atoms with Crippen LogP contribution in [0.1, 0.15) is 18.4 Å². The molecule has 1 atom stereocenters. The van der Waals surface area contributed by atoms with E-state index >= 15 is 0 Å². The van der Waals surface area contributed by atoms with E-state index in [4.69, 9.17) is 0 Å². The molecular weight excluding hydrogens is 254 g/mol. The fourth-order valence-corrected chi connectivity index (χ4v) is 3.47. The molecule has 0 spiro atoms. The van der Waals surface area contributed by atoms with E-state index in [1.54, 1.807) is 12.1 Å². The maximum atomic E-state index is 12.2. The summed E-state index contributed by atoms with van der Waals surface area (Å²) in [5.41, 5.74) is 0.942. The van der Waals surface area contributed by atoms with Crippen LogP contribution in [0.25, 0.3) is 0 Å². The van der Waals surface area contributed by atoms with E-state index in [1.165, 1.54) is 12.1 Å². The molecule has 1 aliphatic heterocycles. The van der Waals surface area contributed by atoms with Gasteiger partial charge in [0.1, 0.15) is 5.25 Å². The number of hydrogen-bond acceptors (Lipinski definition) is 4. The number of amides is 2. The number of benzene rings is 1. The molecule has 0 radical (unpaired) electrons. The second-order valence-corrected chi connectivity index (χ2v) is 6.43. The third-order valence-corrected chi connectivity index (χ3v) is 5.04. The van der Waals surface area contributed by atoms with Crippen LogP contribution in [-0.4, -0.2) is 25.5 Å². The van der Waals surface area contributed by atoms with E-state index in [1.807, 2.05) is 6.92 Å². The van der Waals surface area contributed by atoms with Crippen LogP contribution in [0.5, 0.6) is 0 Å². The first-order valence-corrected chi connectivity index (χ1v) is 7.10. The minimum atomic E-state index is -3.72. The summed E-state index contributed by atoms with van der Waals surface area (Å²) in [5.74, 6) is -1.15. The molecule has 2 rings (SSSR count). The first kappa shape index (κ1) is 12.8. The first-order valence-electron chi connectivity index (χ1n) is 5.55. The molecule has 1 fully saturated rings. The normalized spacial score (nSPS) is 20.6. The third-order valence-electron chi connectivity index (χ3n) is 2.91. The van der Waals surface area contributed by atoms with Crippen molar-refractivity contribution >= 4 is 21.7 Å². The van der Waals surface area contributed by atoms with Crippen molar-refractivity contribution in [3.05, 3.63) is 29.8 Å². The maximum absolute atomic E-state index is 12.2. The van der Waals surface area contributed by atoms with Crippen molar-refractivity contribution < 1.29 is 18.0 Å². The Kier molecular flexibility index (Phi) is 3.21. The van der Waals surface area contributed by atoms with Gasteiger partial charge in [-0.15, -0.1) is 0 Å². The third kappa shape index (κ3) is 2.28. The van der Waals surface area contributed by atoms with Crippen molar-refractivity contribution in [2.24, 2.45) is 0 Å². The van der Waals surface area contributed by atoms with Gasteiger partial charge in [0.2, 0.25) is 11.8 Å². The molecule has 0 bridgehead atoms. The second-order valence-electron chi connectivity index (χ2n) is 4.30. The fraction of sp³-hybridized carbons (Fsp3) is 0.333. The Morgan fingerprint density at radius 1 is 1.17 bits per heavy atom. The molecule has 1 heterocycles. The maximum Gasteiger partial charge on any atom is 0.245 e. The molecular formula is C12H13NO4S. The molecule has 5 nitrogen and oxygen atoms in total. The highest BCUT2D eigenvalue weighted by Crippen LogP contribution is 2.22. The molecule has 0 saturated carbocycles. The Hall–Kier alpha value is -1.69. The predicted octanol–water partition coefficient (Wildman–Crippen LogP) is 0.574. The Bertz CT molecular complexity index is 589. The lowest BCUT2D eigenvalue weighted by Gasteiger charge is -2.20. The highest BCUT2D eigenvalue weighted by Gasteiger charge is 2.37. The average molecular weight is 267 g/mol. The highest BCUT2D eigenvalue weighted by molar-refractivity contribution is 7.92. The van der Waals surface area contributed by atoms with Gasteiger partial charge in [0.05, 0.1) is 4.90 Å². The Morgan fingerprint density at radius 2 is 1.78 bits per heavy atom. The number of sulfone groups is 1. The quantitative estimate of drug-likeness (QED) is 0.795. The van der Waals surface area contributed by atoms with Gasteiger partial charge in [-0.25, -0.2) is 8.42 Å². The van der Waals surface area contributed by atoms with Crippen LogP contribution in [0.3, 0.4) is 0 Å². The number of imide groups is 1. The van der Waals surface area contributed by atoms with E-state index in [0.29, 0.717) is 0 Å². The lowest BCUT2D eigenvalue weighted by atomic mass is 10.1. The van der Waals surface area contributed by atoms with E-state index in [9.17, 15) is 18.0 Å². The fourth-order valence-electron chi connectivity index (χ4n) is 1.86. The van der Waals surface area contributed by atoms with Crippen LogP contribution in [-0.2, 0) is 19.4 Å². The van der Waals surface area contributed by atoms with Crippen LogP contribution in [0, 0.1) is 6.92 Å². The summed E-state index contributed by atoms with van der Waals surface area (Å²) in [4.78, 5) is 22.7. The molecule has 1 N–H and O–H groups in total. The molecule has 2 amide bonds. The number of carbonyl (C=O) groups is 2. The minimum Gasteiger partial charge on any atom is -0.295 e. The Balaban J connectivity index is 2.34. The van der Waals surface area contributed by atoms with Gasteiger partial charge in [0.25, 0.3) is 0 Å². The summed E-state index contributed by atoms with van der Waals surface area (Å²) in [5, 5.41) is 0.891. The lowest BCUT2D eigenvalue weighted by molar-refractivity contribution is -0.132. The first-order chi connectivity index (χ1) is 8.41. The monoisotopic (exact) mass is 267 g/mol. The smallest absolute Gasteiger partial charge is 0.245 e. The molecule has 1 aromatic carbocycles. The summed E-state index contributed by atoms with van der Waals surface area (Å²) in [6.07, 6.45) is 0.0996. The molecule has 1 aromatic rings. The van der Waals surface area contributed by atoms with Crippen LogP contribution >= 0.6 is 0 Å². The second kappa shape index (κ2) is 4.53. The summed E-state index contributed by atoms with van der Waals surface area (Å²) >= 11 is 0. The van der Waals surface area contributed by atoms with Crippen molar-refractivity contribution in [2.75, 3.05) is 0 Å². The van der Waals surface area contributed by atoms with Crippen molar-refractivity contribution in [3.8, 4) is 0 Å². The molecule has 1 aliphatic rings. The number of rotatable bonds is 2. The average Bonchev–Trinajstić information content (AvgIpc) is 2.29.